The first-order chi connectivity index (χ1) is 3.95. The van der Waals surface area contributed by atoms with E-state index in [1.807, 2.05) is 21.1 Å². The Bertz CT molecular complexity index is 84.3. The summed E-state index contributed by atoms with van der Waals surface area (Å²) in [4.78, 5) is 0. The highest BCUT2D eigenvalue weighted by Crippen LogP contribution is 1.95. The second-order valence-corrected chi connectivity index (χ2v) is 3.67. The molecule has 0 aliphatic carbocycles. The van der Waals surface area contributed by atoms with E-state index >= 15 is 0 Å². The topological polar surface area (TPSA) is 20.2 Å². The van der Waals surface area contributed by atoms with Gasteiger partial charge in [-0.25, -0.2) is 0 Å². The summed E-state index contributed by atoms with van der Waals surface area (Å²) in [6, 6.07) is 0. The van der Waals surface area contributed by atoms with Gasteiger partial charge >= 0.3 is 0 Å². The Morgan fingerprint density at radius 3 is 1.90 bits per heavy atom. The molecular formula is C6H16ClNOS. The third kappa shape index (κ3) is 8.56. The summed E-state index contributed by atoms with van der Waals surface area (Å²) in [6.07, 6.45) is -0.270. The number of halogens is 1. The molecule has 0 aromatic carbocycles. The summed E-state index contributed by atoms with van der Waals surface area (Å²) >= 11 is 3.97. The summed E-state index contributed by atoms with van der Waals surface area (Å²) in [5.41, 5.74) is 0. The fourth-order valence-corrected chi connectivity index (χ4v) is 0.805. The van der Waals surface area contributed by atoms with E-state index in [2.05, 4.69) is 12.6 Å². The number of likely N-dealkylation sites (N-methyl/N-ethyl adjacent to an activating group) is 1. The van der Waals surface area contributed by atoms with Crippen LogP contribution in [-0.2, 0) is 0 Å². The van der Waals surface area contributed by atoms with Crippen LogP contribution < -0.4 is 12.4 Å². The first kappa shape index (κ1) is 13.2. The number of hydrogen-bond acceptors (Lipinski definition) is 2. The molecule has 0 amide bonds. The van der Waals surface area contributed by atoms with Crippen molar-refractivity contribution in [2.75, 3.05) is 33.4 Å². The average Bonchev–Trinajstić information content (AvgIpc) is 1.62. The number of thiol groups is 1. The van der Waals surface area contributed by atoms with Gasteiger partial charge in [0.25, 0.3) is 0 Å². The summed E-state index contributed by atoms with van der Waals surface area (Å²) in [7, 11) is 6.14. The minimum absolute atomic E-state index is 0. The van der Waals surface area contributed by atoms with Crippen LogP contribution in [0.1, 0.15) is 0 Å². The molecule has 0 saturated carbocycles. The van der Waals surface area contributed by atoms with Gasteiger partial charge in [-0.05, 0) is 0 Å². The van der Waals surface area contributed by atoms with Crippen molar-refractivity contribution in [1.82, 2.24) is 0 Å². The Labute approximate surface area is 74.6 Å². The van der Waals surface area contributed by atoms with Crippen molar-refractivity contribution in [3.63, 3.8) is 0 Å². The molecule has 0 aromatic heterocycles. The number of nitrogens with zero attached hydrogens (tertiary/aromatic N) is 1. The predicted octanol–water partition coefficient (Wildman–Crippen LogP) is -3.01. The molecule has 0 saturated heterocycles. The lowest BCUT2D eigenvalue weighted by molar-refractivity contribution is -0.873. The lowest BCUT2D eigenvalue weighted by atomic mass is 10.3. The molecule has 0 radical (unpaired) electrons. The highest BCUT2D eigenvalue weighted by atomic mass is 35.5. The van der Waals surface area contributed by atoms with Crippen molar-refractivity contribution in [1.29, 1.82) is 0 Å². The van der Waals surface area contributed by atoms with Crippen molar-refractivity contribution in [3.05, 3.63) is 0 Å². The van der Waals surface area contributed by atoms with Gasteiger partial charge in [0.1, 0.15) is 12.6 Å². The van der Waals surface area contributed by atoms with E-state index in [1.54, 1.807) is 0 Å². The number of hydrogen-bond donors (Lipinski definition) is 2. The molecule has 0 bridgehead atoms. The number of aliphatic hydroxyl groups is 1. The van der Waals surface area contributed by atoms with E-state index in [0.29, 0.717) is 5.75 Å². The average molecular weight is 186 g/mol. The molecule has 4 heteroatoms. The zero-order valence-electron chi connectivity index (χ0n) is 6.71. The third-order valence-corrected chi connectivity index (χ3v) is 1.39. The highest BCUT2D eigenvalue weighted by molar-refractivity contribution is 7.80. The van der Waals surface area contributed by atoms with Crippen LogP contribution in [-0.4, -0.2) is 49.1 Å². The molecular weight excluding hydrogens is 170 g/mol. The molecule has 0 aliphatic heterocycles. The van der Waals surface area contributed by atoms with Gasteiger partial charge in [-0.1, -0.05) is 0 Å². The molecule has 0 rings (SSSR count). The minimum Gasteiger partial charge on any atom is -1.00 e. The maximum Gasteiger partial charge on any atom is 0.112 e. The van der Waals surface area contributed by atoms with E-state index in [0.717, 1.165) is 11.0 Å². The maximum absolute atomic E-state index is 9.10. The molecule has 1 N–H and O–H groups in total. The fourth-order valence-electron chi connectivity index (χ4n) is 0.690. The lowest BCUT2D eigenvalue weighted by Gasteiger charge is -2.25. The smallest absolute Gasteiger partial charge is 0.112 e. The standard InChI is InChI=1S/C6H15NOS.ClH/c1-7(2,3)4-6(8)5-9;/h6,8H,4-5H2,1-3H3;1H. The zero-order chi connectivity index (χ0) is 7.49. The van der Waals surface area contributed by atoms with Crippen LogP contribution in [0.5, 0.6) is 0 Å². The van der Waals surface area contributed by atoms with Crippen LogP contribution in [0.3, 0.4) is 0 Å². The van der Waals surface area contributed by atoms with Crippen molar-refractivity contribution in [2.24, 2.45) is 0 Å². The van der Waals surface area contributed by atoms with Crippen LogP contribution in [0.25, 0.3) is 0 Å². The summed E-state index contributed by atoms with van der Waals surface area (Å²) in [5.74, 6) is 0.551. The number of quaternary nitrogens is 1. The molecule has 0 heterocycles. The molecule has 0 fully saturated rings. The Morgan fingerprint density at radius 1 is 1.40 bits per heavy atom. The van der Waals surface area contributed by atoms with Crippen LogP contribution in [0, 0.1) is 0 Å². The molecule has 0 aliphatic rings. The second kappa shape index (κ2) is 5.24. The fraction of sp³-hybridized carbons (Fsp3) is 1.00. The van der Waals surface area contributed by atoms with E-state index in [1.165, 1.54) is 0 Å². The van der Waals surface area contributed by atoms with Gasteiger partial charge in [0.15, 0.2) is 0 Å². The molecule has 1 unspecified atom stereocenters. The van der Waals surface area contributed by atoms with Crippen LogP contribution >= 0.6 is 12.6 Å². The Balaban J connectivity index is 0. The lowest BCUT2D eigenvalue weighted by Crippen LogP contribution is -3.00. The first-order valence-corrected chi connectivity index (χ1v) is 3.68. The van der Waals surface area contributed by atoms with Gasteiger partial charge < -0.3 is 22.0 Å². The normalized spacial score (nSPS) is 14.1. The van der Waals surface area contributed by atoms with Gasteiger partial charge in [-0.15, -0.1) is 0 Å². The SMILES string of the molecule is C[N+](C)(C)CC(O)CS.[Cl-]. The predicted molar refractivity (Wildman–Crippen MR) is 42.8 cm³/mol. The quantitative estimate of drug-likeness (QED) is 0.355. The maximum atomic E-state index is 9.10. The summed E-state index contributed by atoms with van der Waals surface area (Å²) in [5, 5.41) is 9.10. The van der Waals surface area contributed by atoms with Crippen molar-refractivity contribution in [3.8, 4) is 0 Å². The molecule has 0 aromatic rings. The van der Waals surface area contributed by atoms with Gasteiger partial charge in [0.05, 0.1) is 21.1 Å². The highest BCUT2D eigenvalue weighted by Gasteiger charge is 2.12. The van der Waals surface area contributed by atoms with Gasteiger partial charge in [0, 0.05) is 5.75 Å². The van der Waals surface area contributed by atoms with E-state index in [4.69, 9.17) is 5.11 Å². The molecule has 64 valence electrons. The Kier molecular flexibility index (Phi) is 6.90. The van der Waals surface area contributed by atoms with Crippen LogP contribution in [0.4, 0.5) is 0 Å². The Hall–Kier alpha value is 0.560. The molecule has 0 spiro atoms. The molecule has 10 heavy (non-hydrogen) atoms. The van der Waals surface area contributed by atoms with E-state index < -0.39 is 0 Å². The summed E-state index contributed by atoms with van der Waals surface area (Å²) in [6.45, 7) is 0.767. The first-order valence-electron chi connectivity index (χ1n) is 3.05. The van der Waals surface area contributed by atoms with Crippen molar-refractivity contribution in [2.45, 2.75) is 6.10 Å². The third-order valence-electron chi connectivity index (χ3n) is 0.969. The molecule has 2 nitrogen and oxygen atoms in total. The Morgan fingerprint density at radius 2 is 1.80 bits per heavy atom. The van der Waals surface area contributed by atoms with Crippen LogP contribution in [0.2, 0.25) is 0 Å². The number of aliphatic hydroxyl groups excluding tert-OH is 1. The van der Waals surface area contributed by atoms with Gasteiger partial charge in [-0.3, -0.25) is 0 Å². The minimum atomic E-state index is -0.270. The van der Waals surface area contributed by atoms with E-state index in [-0.39, 0.29) is 18.5 Å². The second-order valence-electron chi connectivity index (χ2n) is 3.31. The summed E-state index contributed by atoms with van der Waals surface area (Å²) < 4.78 is 0.793. The molecule has 1 atom stereocenters. The largest absolute Gasteiger partial charge is 1.00 e. The monoisotopic (exact) mass is 185 g/mol. The van der Waals surface area contributed by atoms with E-state index in [9.17, 15) is 0 Å². The van der Waals surface area contributed by atoms with Crippen molar-refractivity contribution < 1.29 is 22.0 Å². The zero-order valence-corrected chi connectivity index (χ0v) is 8.36. The van der Waals surface area contributed by atoms with Gasteiger partial charge in [0.2, 0.25) is 0 Å². The number of rotatable bonds is 3. The van der Waals surface area contributed by atoms with Crippen LogP contribution in [0.15, 0.2) is 0 Å². The van der Waals surface area contributed by atoms with Crippen molar-refractivity contribution >= 4 is 12.6 Å². The van der Waals surface area contributed by atoms with Gasteiger partial charge in [-0.2, -0.15) is 12.6 Å².